The standard InChI is InChI=1S/C21H23N7O4S/c1-15(29)26-33(31,32)18-7-5-17(6-8-18)25-21(30)16-4-2-10-27(13-16)19-12-20(23-14-22-19)28-11-3-9-24-28/h3,5-9,11-12,14,16H,2,4,10,13H2,1H3,(H,25,30)(H,26,29). The molecule has 2 amide bonds. The Balaban J connectivity index is 1.41. The van der Waals surface area contributed by atoms with Gasteiger partial charge < -0.3 is 10.2 Å². The van der Waals surface area contributed by atoms with Gasteiger partial charge in [-0.2, -0.15) is 5.10 Å². The van der Waals surface area contributed by atoms with Gasteiger partial charge in [0.2, 0.25) is 11.8 Å². The summed E-state index contributed by atoms with van der Waals surface area (Å²) in [6.45, 7) is 2.39. The number of amides is 2. The smallest absolute Gasteiger partial charge is 0.264 e. The van der Waals surface area contributed by atoms with Crippen LogP contribution in [0, 0.1) is 5.92 Å². The summed E-state index contributed by atoms with van der Waals surface area (Å²) in [6, 6.07) is 9.31. The molecule has 11 nitrogen and oxygen atoms in total. The number of sulfonamides is 1. The van der Waals surface area contributed by atoms with Crippen LogP contribution in [0.5, 0.6) is 0 Å². The number of anilines is 2. The lowest BCUT2D eigenvalue weighted by Gasteiger charge is -2.32. The predicted octanol–water partition coefficient (Wildman–Crippen LogP) is 1.34. The second-order valence-electron chi connectivity index (χ2n) is 7.65. The van der Waals surface area contributed by atoms with Gasteiger partial charge in [0.05, 0.1) is 10.8 Å². The molecule has 2 aromatic heterocycles. The molecule has 1 aromatic carbocycles. The fourth-order valence-corrected chi connectivity index (χ4v) is 4.64. The predicted molar refractivity (Wildman–Crippen MR) is 120 cm³/mol. The highest BCUT2D eigenvalue weighted by Crippen LogP contribution is 2.24. The van der Waals surface area contributed by atoms with Crippen LogP contribution in [0.4, 0.5) is 11.5 Å². The van der Waals surface area contributed by atoms with Crippen LogP contribution >= 0.6 is 0 Å². The molecule has 1 aliphatic rings. The highest BCUT2D eigenvalue weighted by atomic mass is 32.2. The molecule has 2 N–H and O–H groups in total. The van der Waals surface area contributed by atoms with Crippen LogP contribution in [0.1, 0.15) is 19.8 Å². The number of hydrogen-bond donors (Lipinski definition) is 2. The van der Waals surface area contributed by atoms with Gasteiger partial charge in [-0.25, -0.2) is 27.8 Å². The van der Waals surface area contributed by atoms with Gasteiger partial charge in [-0.1, -0.05) is 0 Å². The quantitative estimate of drug-likeness (QED) is 0.551. The van der Waals surface area contributed by atoms with Gasteiger partial charge in [-0.05, 0) is 43.2 Å². The molecule has 3 aromatic rings. The van der Waals surface area contributed by atoms with E-state index in [1.54, 1.807) is 17.1 Å². The van der Waals surface area contributed by atoms with Crippen molar-refractivity contribution in [1.82, 2.24) is 24.5 Å². The van der Waals surface area contributed by atoms with Gasteiger partial charge >= 0.3 is 0 Å². The Morgan fingerprint density at radius 2 is 1.88 bits per heavy atom. The van der Waals surface area contributed by atoms with Gasteiger partial charge in [0, 0.05) is 44.2 Å². The number of rotatable bonds is 6. The van der Waals surface area contributed by atoms with E-state index in [9.17, 15) is 18.0 Å². The topological polar surface area (TPSA) is 139 Å². The molecule has 1 fully saturated rings. The van der Waals surface area contributed by atoms with Crippen LogP contribution in [0.2, 0.25) is 0 Å². The van der Waals surface area contributed by atoms with Crippen LogP contribution in [0.3, 0.4) is 0 Å². The summed E-state index contributed by atoms with van der Waals surface area (Å²) in [4.78, 5) is 34.5. The summed E-state index contributed by atoms with van der Waals surface area (Å²) in [5, 5.41) is 7.03. The molecule has 0 radical (unpaired) electrons. The molecule has 4 rings (SSSR count). The lowest BCUT2D eigenvalue weighted by molar-refractivity contribution is -0.120. The summed E-state index contributed by atoms with van der Waals surface area (Å²) in [7, 11) is -3.92. The first-order valence-electron chi connectivity index (χ1n) is 10.3. The van der Waals surface area contributed by atoms with E-state index in [2.05, 4.69) is 20.4 Å². The number of aromatic nitrogens is 4. The number of nitrogens with one attached hydrogen (secondary N) is 2. The Morgan fingerprint density at radius 1 is 1.12 bits per heavy atom. The van der Waals surface area contributed by atoms with Crippen molar-refractivity contribution in [3.63, 3.8) is 0 Å². The maximum atomic E-state index is 12.9. The fraction of sp³-hybridized carbons (Fsp3) is 0.286. The molecule has 0 bridgehead atoms. The van der Waals surface area contributed by atoms with Crippen LogP contribution in [0.25, 0.3) is 5.82 Å². The van der Waals surface area contributed by atoms with Crippen LogP contribution in [0.15, 0.2) is 60.0 Å². The monoisotopic (exact) mass is 469 g/mol. The first-order valence-corrected chi connectivity index (χ1v) is 11.8. The van der Waals surface area contributed by atoms with E-state index in [4.69, 9.17) is 0 Å². The number of nitrogens with zero attached hydrogens (tertiary/aromatic N) is 5. The molecule has 0 saturated carbocycles. The first-order chi connectivity index (χ1) is 15.8. The minimum Gasteiger partial charge on any atom is -0.356 e. The number of carbonyl (C=O) groups is 2. The van der Waals surface area contributed by atoms with Crippen molar-refractivity contribution in [3.8, 4) is 5.82 Å². The average Bonchev–Trinajstić information content (AvgIpc) is 3.34. The van der Waals surface area contributed by atoms with E-state index in [1.165, 1.54) is 30.6 Å². The van der Waals surface area contributed by atoms with Crippen molar-refractivity contribution in [1.29, 1.82) is 0 Å². The second-order valence-corrected chi connectivity index (χ2v) is 9.33. The van der Waals surface area contributed by atoms with Crippen molar-refractivity contribution in [2.45, 2.75) is 24.7 Å². The molecule has 1 saturated heterocycles. The maximum Gasteiger partial charge on any atom is 0.264 e. The largest absolute Gasteiger partial charge is 0.356 e. The molecular formula is C21H23N7O4S. The number of carbonyl (C=O) groups excluding carboxylic acids is 2. The first kappa shape index (κ1) is 22.4. The normalized spacial score (nSPS) is 16.3. The molecule has 3 heterocycles. The van der Waals surface area contributed by atoms with Gasteiger partial charge in [0.1, 0.15) is 12.1 Å². The molecule has 12 heteroatoms. The highest BCUT2D eigenvalue weighted by molar-refractivity contribution is 7.90. The van der Waals surface area contributed by atoms with Gasteiger partial charge in [-0.3, -0.25) is 9.59 Å². The van der Waals surface area contributed by atoms with Crippen molar-refractivity contribution in [2.24, 2.45) is 5.92 Å². The van der Waals surface area contributed by atoms with E-state index in [1.807, 2.05) is 21.8 Å². The molecule has 1 atom stereocenters. The Morgan fingerprint density at radius 3 is 2.58 bits per heavy atom. The lowest BCUT2D eigenvalue weighted by Crippen LogP contribution is -2.41. The van der Waals surface area contributed by atoms with Gasteiger partial charge in [0.25, 0.3) is 10.0 Å². The molecule has 0 aliphatic carbocycles. The summed E-state index contributed by atoms with van der Waals surface area (Å²) in [5.41, 5.74) is 0.474. The van der Waals surface area contributed by atoms with Crippen LogP contribution < -0.4 is 14.9 Å². The lowest BCUT2D eigenvalue weighted by atomic mass is 9.97. The van der Waals surface area contributed by atoms with Crippen LogP contribution in [-0.2, 0) is 19.6 Å². The third-order valence-corrected chi connectivity index (χ3v) is 6.65. The van der Waals surface area contributed by atoms with E-state index < -0.39 is 15.9 Å². The Bertz CT molecular complexity index is 1240. The van der Waals surface area contributed by atoms with E-state index in [0.717, 1.165) is 32.1 Å². The zero-order chi connectivity index (χ0) is 23.4. The number of piperidine rings is 1. The minimum atomic E-state index is -3.92. The molecule has 172 valence electrons. The van der Waals surface area contributed by atoms with Crippen molar-refractivity contribution in [3.05, 3.63) is 55.1 Å². The minimum absolute atomic E-state index is 0.0590. The second kappa shape index (κ2) is 9.36. The van der Waals surface area contributed by atoms with Crippen molar-refractivity contribution in [2.75, 3.05) is 23.3 Å². The van der Waals surface area contributed by atoms with Crippen molar-refractivity contribution < 1.29 is 18.0 Å². The van der Waals surface area contributed by atoms with E-state index in [-0.39, 0.29) is 16.7 Å². The fourth-order valence-electron chi connectivity index (χ4n) is 3.65. The van der Waals surface area contributed by atoms with E-state index >= 15 is 0 Å². The van der Waals surface area contributed by atoms with Crippen LogP contribution in [-0.4, -0.2) is 53.1 Å². The average molecular weight is 470 g/mol. The summed E-state index contributed by atoms with van der Waals surface area (Å²) >= 11 is 0. The van der Waals surface area contributed by atoms with Gasteiger partial charge in [-0.15, -0.1) is 0 Å². The molecule has 33 heavy (non-hydrogen) atoms. The van der Waals surface area contributed by atoms with Crippen molar-refractivity contribution >= 4 is 33.3 Å². The summed E-state index contributed by atoms with van der Waals surface area (Å²) < 4.78 is 27.7. The SMILES string of the molecule is CC(=O)NS(=O)(=O)c1ccc(NC(=O)C2CCCN(c3cc(-n4cccn4)ncn3)C2)cc1. The Kier molecular flexibility index (Phi) is 6.36. The zero-order valence-electron chi connectivity index (χ0n) is 17.9. The summed E-state index contributed by atoms with van der Waals surface area (Å²) in [6.07, 6.45) is 6.50. The Hall–Kier alpha value is -3.80. The summed E-state index contributed by atoms with van der Waals surface area (Å²) in [5.74, 6) is 0.282. The molecule has 0 spiro atoms. The Labute approximate surface area is 190 Å². The third kappa shape index (κ3) is 5.34. The number of benzene rings is 1. The maximum absolute atomic E-state index is 12.9. The molecular weight excluding hydrogens is 446 g/mol. The zero-order valence-corrected chi connectivity index (χ0v) is 18.7. The number of hydrogen-bond acceptors (Lipinski definition) is 8. The molecule has 1 aliphatic heterocycles. The van der Waals surface area contributed by atoms with Gasteiger partial charge in [0.15, 0.2) is 5.82 Å². The molecule has 1 unspecified atom stereocenters. The highest BCUT2D eigenvalue weighted by Gasteiger charge is 2.27. The van der Waals surface area contributed by atoms with E-state index in [0.29, 0.717) is 18.1 Å². The third-order valence-electron chi connectivity index (χ3n) is 5.20.